The van der Waals surface area contributed by atoms with Gasteiger partial charge in [0, 0.05) is 39.6 Å². The molecule has 0 amide bonds. The first-order valence-corrected chi connectivity index (χ1v) is 11.2. The van der Waals surface area contributed by atoms with Crippen LogP contribution in [0.3, 0.4) is 0 Å². The van der Waals surface area contributed by atoms with Crippen molar-refractivity contribution in [2.24, 2.45) is 0 Å². The third-order valence-corrected chi connectivity index (χ3v) is 5.39. The quantitative estimate of drug-likeness (QED) is 0.255. The molecule has 0 spiro atoms. The Kier molecular flexibility index (Phi) is 21.4. The molecule has 1 saturated heterocycles. The molecule has 11 nitrogen and oxygen atoms in total. The molecule has 0 saturated carbocycles. The van der Waals surface area contributed by atoms with Gasteiger partial charge in [0.05, 0.1) is 0 Å². The van der Waals surface area contributed by atoms with E-state index in [4.69, 9.17) is 0 Å². The van der Waals surface area contributed by atoms with Crippen molar-refractivity contribution in [1.82, 2.24) is 30.4 Å². The van der Waals surface area contributed by atoms with Crippen molar-refractivity contribution in [3.05, 3.63) is 22.1 Å². The topological polar surface area (TPSA) is 157 Å². The molecule has 2 rings (SSSR count). The minimum Gasteiger partial charge on any atom is -2.00 e. The number of imidazole rings is 1. The molecule has 1 aromatic rings. The SMILES string of the molecule is Cc1nc([N+](=O)[O-])cn1CCCCCCN1CCCNCCNCCCNCC1.[O-2].[O-2].[Tc+5]. The van der Waals surface area contributed by atoms with E-state index in [1.807, 2.05) is 11.5 Å². The predicted octanol–water partition coefficient (Wildman–Crippen LogP) is 1.28. The minimum absolute atomic E-state index is 0. The first-order chi connectivity index (χ1) is 14.2. The number of nitrogens with one attached hydrogen (secondary N) is 3. The van der Waals surface area contributed by atoms with E-state index in [9.17, 15) is 10.1 Å². The van der Waals surface area contributed by atoms with Gasteiger partial charge in [-0.1, -0.05) is 12.8 Å². The van der Waals surface area contributed by atoms with Crippen LogP contribution < -0.4 is 16.0 Å². The fourth-order valence-electron chi connectivity index (χ4n) is 3.67. The maximum absolute atomic E-state index is 10.8. The van der Waals surface area contributed by atoms with Crippen LogP contribution in [0.25, 0.3) is 0 Å². The van der Waals surface area contributed by atoms with Gasteiger partial charge in [-0.25, -0.2) is 0 Å². The van der Waals surface area contributed by atoms with Crippen LogP contribution in [-0.2, 0) is 37.6 Å². The number of nitro groups is 1. The minimum atomic E-state index is -0.425. The fraction of sp³-hybridized carbons (Fsp3) is 0.850. The Bertz CT molecular complexity index is 578. The van der Waals surface area contributed by atoms with Crippen LogP contribution in [0.2, 0.25) is 0 Å². The van der Waals surface area contributed by atoms with E-state index < -0.39 is 4.92 Å². The zero-order chi connectivity index (χ0) is 20.7. The summed E-state index contributed by atoms with van der Waals surface area (Å²) < 4.78 is 1.90. The van der Waals surface area contributed by atoms with Crippen LogP contribution in [0.15, 0.2) is 6.20 Å². The third kappa shape index (κ3) is 14.2. The normalized spacial score (nSPS) is 16.7. The first-order valence-electron chi connectivity index (χ1n) is 11.2. The van der Waals surface area contributed by atoms with E-state index in [1.54, 1.807) is 6.20 Å². The second-order valence-electron chi connectivity index (χ2n) is 7.81. The molecule has 2 heterocycles. The van der Waals surface area contributed by atoms with Gasteiger partial charge in [0.1, 0.15) is 6.20 Å². The van der Waals surface area contributed by atoms with Gasteiger partial charge in [0.15, 0.2) is 0 Å². The summed E-state index contributed by atoms with van der Waals surface area (Å²) in [5.74, 6) is 0.669. The zero-order valence-electron chi connectivity index (χ0n) is 19.2. The summed E-state index contributed by atoms with van der Waals surface area (Å²) in [5, 5.41) is 21.3. The molecule has 0 aromatic carbocycles. The largest absolute Gasteiger partial charge is 5.00 e. The van der Waals surface area contributed by atoms with Crippen LogP contribution in [0.1, 0.15) is 44.3 Å². The van der Waals surface area contributed by atoms with E-state index in [0.29, 0.717) is 0 Å². The van der Waals surface area contributed by atoms with Crippen molar-refractivity contribution >= 4 is 5.82 Å². The molecule has 1 aliphatic heterocycles. The Labute approximate surface area is 205 Å². The number of hydrogen-bond donors (Lipinski definition) is 3. The Hall–Kier alpha value is -0.981. The maximum Gasteiger partial charge on any atom is 5.00 e. The first kappa shape index (κ1) is 33.2. The molecule has 1 fully saturated rings. The summed E-state index contributed by atoms with van der Waals surface area (Å²) in [7, 11) is 0. The van der Waals surface area contributed by atoms with Gasteiger partial charge in [0.2, 0.25) is 5.82 Å². The molecular formula is C20H39N7O4Tc+. The number of aromatic nitrogens is 2. The van der Waals surface area contributed by atoms with Crippen molar-refractivity contribution in [3.8, 4) is 0 Å². The number of unbranched alkanes of at least 4 members (excludes halogenated alkanes) is 3. The van der Waals surface area contributed by atoms with E-state index in [0.717, 1.165) is 84.1 Å². The summed E-state index contributed by atoms with van der Waals surface area (Å²) >= 11 is 0. The Balaban J connectivity index is 0. The third-order valence-electron chi connectivity index (χ3n) is 5.39. The van der Waals surface area contributed by atoms with Gasteiger partial charge in [-0.3, -0.25) is 0 Å². The Morgan fingerprint density at radius 3 is 2.12 bits per heavy atom. The molecule has 184 valence electrons. The molecule has 32 heavy (non-hydrogen) atoms. The number of hydrogen-bond acceptors (Lipinski definition) is 7. The molecular weight excluding hydrogens is 500 g/mol. The van der Waals surface area contributed by atoms with E-state index in [-0.39, 0.29) is 36.9 Å². The molecule has 0 atom stereocenters. The van der Waals surface area contributed by atoms with Crippen molar-refractivity contribution in [2.45, 2.75) is 52.0 Å². The van der Waals surface area contributed by atoms with Gasteiger partial charge < -0.3 is 46.5 Å². The second-order valence-corrected chi connectivity index (χ2v) is 7.81. The number of rotatable bonds is 8. The van der Waals surface area contributed by atoms with Gasteiger partial charge in [-0.05, 0) is 68.3 Å². The molecule has 1 aliphatic rings. The number of nitrogens with zero attached hydrogens (tertiary/aromatic N) is 4. The molecule has 12 heteroatoms. The Morgan fingerprint density at radius 1 is 0.906 bits per heavy atom. The van der Waals surface area contributed by atoms with E-state index in [1.165, 1.54) is 25.7 Å². The molecule has 1 aromatic heterocycles. The fourth-order valence-corrected chi connectivity index (χ4v) is 3.67. The van der Waals surface area contributed by atoms with Crippen LogP contribution in [0, 0.1) is 17.0 Å². The monoisotopic (exact) mass is 538 g/mol. The molecule has 0 aliphatic carbocycles. The summed E-state index contributed by atoms with van der Waals surface area (Å²) in [6.07, 6.45) is 8.51. The van der Waals surface area contributed by atoms with Gasteiger partial charge in [0.25, 0.3) is 0 Å². The van der Waals surface area contributed by atoms with Crippen molar-refractivity contribution in [3.63, 3.8) is 0 Å². The van der Waals surface area contributed by atoms with Crippen molar-refractivity contribution < 1.29 is 36.0 Å². The summed E-state index contributed by atoms with van der Waals surface area (Å²) in [6.45, 7) is 12.5. The molecule has 0 radical (unpaired) electrons. The van der Waals surface area contributed by atoms with Gasteiger partial charge in [-0.2, -0.15) is 0 Å². The van der Waals surface area contributed by atoms with Gasteiger partial charge >= 0.3 is 25.9 Å². The van der Waals surface area contributed by atoms with Crippen LogP contribution >= 0.6 is 0 Å². The second kappa shape index (κ2) is 20.6. The summed E-state index contributed by atoms with van der Waals surface area (Å²) in [5.41, 5.74) is 0. The maximum atomic E-state index is 10.8. The summed E-state index contributed by atoms with van der Waals surface area (Å²) in [4.78, 5) is 16.9. The predicted molar refractivity (Wildman–Crippen MR) is 118 cm³/mol. The van der Waals surface area contributed by atoms with Crippen molar-refractivity contribution in [1.29, 1.82) is 0 Å². The molecule has 3 N–H and O–H groups in total. The average Bonchev–Trinajstić information content (AvgIpc) is 3.08. The molecule has 0 unspecified atom stereocenters. The smallest absolute Gasteiger partial charge is 2.00 e. The zero-order valence-corrected chi connectivity index (χ0v) is 21.0. The average molecular weight is 540 g/mol. The van der Waals surface area contributed by atoms with E-state index in [2.05, 4.69) is 25.8 Å². The van der Waals surface area contributed by atoms with Crippen LogP contribution in [-0.4, -0.2) is 78.3 Å². The van der Waals surface area contributed by atoms with Crippen LogP contribution in [0.4, 0.5) is 5.82 Å². The van der Waals surface area contributed by atoms with Gasteiger partial charge in [-0.15, -0.1) is 0 Å². The standard InChI is InChI=1S/C20H39N7O2.2O.Tc/c1-19-24-20(27(28)29)18-26(19)16-5-3-2-4-14-25-15-7-10-22-12-11-21-8-6-9-23-13-17-25;;;/h18,21-23H,2-17H2,1H3;;;/q;2*-2;+5. The summed E-state index contributed by atoms with van der Waals surface area (Å²) in [6, 6.07) is 0. The molecule has 0 bridgehead atoms. The van der Waals surface area contributed by atoms with E-state index >= 15 is 0 Å². The van der Waals surface area contributed by atoms with Crippen LogP contribution in [0.5, 0.6) is 0 Å². The van der Waals surface area contributed by atoms with Crippen molar-refractivity contribution in [2.75, 3.05) is 58.9 Å². The number of aryl methyl sites for hydroxylation is 2. The Morgan fingerprint density at radius 2 is 1.50 bits per heavy atom.